The van der Waals surface area contributed by atoms with Gasteiger partial charge in [-0.25, -0.2) is 0 Å². The van der Waals surface area contributed by atoms with Crippen molar-refractivity contribution in [3.63, 3.8) is 0 Å². The molecule has 128 valence electrons. The fourth-order valence-corrected chi connectivity index (χ4v) is 3.28. The molecule has 2 heterocycles. The van der Waals surface area contributed by atoms with E-state index < -0.39 is 0 Å². The van der Waals surface area contributed by atoms with E-state index in [4.69, 9.17) is 4.74 Å². The van der Waals surface area contributed by atoms with Crippen LogP contribution in [0.3, 0.4) is 0 Å². The van der Waals surface area contributed by atoms with Gasteiger partial charge in [0.15, 0.2) is 0 Å². The molecule has 1 aromatic carbocycles. The first-order valence-corrected chi connectivity index (χ1v) is 8.56. The molecule has 0 spiro atoms. The van der Waals surface area contributed by atoms with E-state index in [1.54, 1.807) is 13.3 Å². The van der Waals surface area contributed by atoms with E-state index in [1.165, 1.54) is 0 Å². The summed E-state index contributed by atoms with van der Waals surface area (Å²) in [5.41, 5.74) is 2.58. The standard InChI is InChI=1S/C20H21N3O2/c1-13(15-4-3-9-21-12-15)23(16-6-7-16)20(24)19-10-14-5-8-17(25-2)11-18(14)22-19/h3-5,8-13,16,22H,6-7H2,1-2H3/t13-/m1/s1. The number of H-pyrrole nitrogens is 1. The lowest BCUT2D eigenvalue weighted by atomic mass is 10.1. The van der Waals surface area contributed by atoms with Gasteiger partial charge in [0.1, 0.15) is 11.4 Å². The van der Waals surface area contributed by atoms with E-state index in [0.29, 0.717) is 11.7 Å². The number of carbonyl (C=O) groups excluding carboxylic acids is 1. The lowest BCUT2D eigenvalue weighted by Gasteiger charge is -2.29. The fraction of sp³-hybridized carbons (Fsp3) is 0.300. The van der Waals surface area contributed by atoms with Crippen LogP contribution in [0.5, 0.6) is 5.75 Å². The topological polar surface area (TPSA) is 58.2 Å². The third-order valence-corrected chi connectivity index (χ3v) is 4.82. The molecule has 0 radical (unpaired) electrons. The molecule has 1 N–H and O–H groups in total. The number of hydrogen-bond acceptors (Lipinski definition) is 3. The number of methoxy groups -OCH3 is 1. The lowest BCUT2D eigenvalue weighted by molar-refractivity contribution is 0.0668. The SMILES string of the molecule is COc1ccc2cc(C(=O)N(C3CC3)[C@H](C)c3cccnc3)[nH]c2c1. The highest BCUT2D eigenvalue weighted by molar-refractivity contribution is 5.98. The molecule has 1 atom stereocenters. The number of aromatic amines is 1. The minimum atomic E-state index is -0.00496. The van der Waals surface area contributed by atoms with Gasteiger partial charge in [-0.15, -0.1) is 0 Å². The van der Waals surface area contributed by atoms with Gasteiger partial charge in [0, 0.05) is 35.4 Å². The number of rotatable bonds is 5. The van der Waals surface area contributed by atoms with Gasteiger partial charge in [-0.1, -0.05) is 6.07 Å². The number of benzene rings is 1. The highest BCUT2D eigenvalue weighted by atomic mass is 16.5. The molecule has 5 heteroatoms. The van der Waals surface area contributed by atoms with Crippen LogP contribution in [-0.4, -0.2) is 33.9 Å². The highest BCUT2D eigenvalue weighted by Gasteiger charge is 2.37. The Balaban J connectivity index is 1.67. The molecular weight excluding hydrogens is 314 g/mol. The zero-order valence-corrected chi connectivity index (χ0v) is 14.4. The van der Waals surface area contributed by atoms with Crippen LogP contribution in [0.4, 0.5) is 0 Å². The first kappa shape index (κ1) is 15.7. The Morgan fingerprint density at radius 1 is 1.32 bits per heavy atom. The van der Waals surface area contributed by atoms with Crippen molar-refractivity contribution in [3.05, 3.63) is 60.0 Å². The monoisotopic (exact) mass is 335 g/mol. The van der Waals surface area contributed by atoms with Gasteiger partial charge in [-0.3, -0.25) is 9.78 Å². The number of nitrogens with one attached hydrogen (secondary N) is 1. The van der Waals surface area contributed by atoms with Crippen molar-refractivity contribution in [2.75, 3.05) is 7.11 Å². The highest BCUT2D eigenvalue weighted by Crippen LogP contribution is 2.35. The molecule has 0 saturated heterocycles. The molecule has 1 amide bonds. The van der Waals surface area contributed by atoms with Crippen LogP contribution in [0.1, 0.15) is 41.9 Å². The molecule has 3 aromatic rings. The van der Waals surface area contributed by atoms with Crippen LogP contribution in [0, 0.1) is 0 Å². The second-order valence-corrected chi connectivity index (χ2v) is 6.54. The molecular formula is C20H21N3O2. The molecule has 25 heavy (non-hydrogen) atoms. The van der Waals surface area contributed by atoms with E-state index in [-0.39, 0.29) is 11.9 Å². The number of nitrogens with zero attached hydrogens (tertiary/aromatic N) is 2. The molecule has 1 saturated carbocycles. The van der Waals surface area contributed by atoms with Crippen molar-refractivity contribution >= 4 is 16.8 Å². The third kappa shape index (κ3) is 2.97. The molecule has 1 fully saturated rings. The number of amides is 1. The van der Waals surface area contributed by atoms with E-state index in [0.717, 1.165) is 35.1 Å². The Morgan fingerprint density at radius 2 is 2.16 bits per heavy atom. The maximum Gasteiger partial charge on any atom is 0.271 e. The maximum atomic E-state index is 13.2. The molecule has 1 aliphatic carbocycles. The van der Waals surface area contributed by atoms with E-state index in [2.05, 4.69) is 16.9 Å². The molecule has 2 aromatic heterocycles. The molecule has 0 unspecified atom stereocenters. The first-order chi connectivity index (χ1) is 12.2. The van der Waals surface area contributed by atoms with Crippen LogP contribution >= 0.6 is 0 Å². The Labute approximate surface area is 146 Å². The number of pyridine rings is 1. The maximum absolute atomic E-state index is 13.2. The largest absolute Gasteiger partial charge is 0.497 e. The van der Waals surface area contributed by atoms with E-state index in [9.17, 15) is 4.79 Å². The molecule has 1 aliphatic rings. The number of carbonyl (C=O) groups is 1. The Morgan fingerprint density at radius 3 is 2.84 bits per heavy atom. The van der Waals surface area contributed by atoms with Crippen molar-refractivity contribution in [2.45, 2.75) is 31.8 Å². The summed E-state index contributed by atoms with van der Waals surface area (Å²) in [4.78, 5) is 22.6. The minimum Gasteiger partial charge on any atom is -0.497 e. The second kappa shape index (κ2) is 6.24. The summed E-state index contributed by atoms with van der Waals surface area (Å²) in [6.45, 7) is 2.07. The first-order valence-electron chi connectivity index (χ1n) is 8.56. The summed E-state index contributed by atoms with van der Waals surface area (Å²) in [6, 6.07) is 11.9. The predicted octanol–water partition coefficient (Wildman–Crippen LogP) is 3.94. The summed E-state index contributed by atoms with van der Waals surface area (Å²) < 4.78 is 5.26. The minimum absolute atomic E-state index is 0.00496. The van der Waals surface area contributed by atoms with Gasteiger partial charge in [0.2, 0.25) is 0 Å². The Bertz CT molecular complexity index is 900. The summed E-state index contributed by atoms with van der Waals surface area (Å²) in [5.74, 6) is 0.810. The molecule has 0 bridgehead atoms. The Hall–Kier alpha value is -2.82. The van der Waals surface area contributed by atoms with Crippen LogP contribution in [0.25, 0.3) is 10.9 Å². The van der Waals surface area contributed by atoms with E-state index in [1.807, 2.05) is 47.5 Å². The van der Waals surface area contributed by atoms with Gasteiger partial charge in [0.25, 0.3) is 5.91 Å². The quantitative estimate of drug-likeness (QED) is 0.768. The summed E-state index contributed by atoms with van der Waals surface area (Å²) in [6.07, 6.45) is 5.71. The summed E-state index contributed by atoms with van der Waals surface area (Å²) >= 11 is 0. The smallest absolute Gasteiger partial charge is 0.271 e. The average Bonchev–Trinajstić information content (AvgIpc) is 3.39. The van der Waals surface area contributed by atoms with Crippen molar-refractivity contribution < 1.29 is 9.53 Å². The third-order valence-electron chi connectivity index (χ3n) is 4.82. The van der Waals surface area contributed by atoms with Gasteiger partial charge >= 0.3 is 0 Å². The lowest BCUT2D eigenvalue weighted by Crippen LogP contribution is -2.35. The van der Waals surface area contributed by atoms with E-state index >= 15 is 0 Å². The number of hydrogen-bond donors (Lipinski definition) is 1. The van der Waals surface area contributed by atoms with Gasteiger partial charge in [-0.05, 0) is 49.6 Å². The van der Waals surface area contributed by atoms with Crippen LogP contribution in [-0.2, 0) is 0 Å². The van der Waals surface area contributed by atoms with Crippen molar-refractivity contribution in [1.29, 1.82) is 0 Å². The van der Waals surface area contributed by atoms with Crippen LogP contribution in [0.15, 0.2) is 48.8 Å². The second-order valence-electron chi connectivity index (χ2n) is 6.54. The van der Waals surface area contributed by atoms with Crippen molar-refractivity contribution in [1.82, 2.24) is 14.9 Å². The molecule has 5 nitrogen and oxygen atoms in total. The average molecular weight is 335 g/mol. The fourth-order valence-electron chi connectivity index (χ4n) is 3.28. The van der Waals surface area contributed by atoms with Gasteiger partial charge in [-0.2, -0.15) is 0 Å². The van der Waals surface area contributed by atoms with Crippen molar-refractivity contribution in [3.8, 4) is 5.75 Å². The Kier molecular flexibility index (Phi) is 3.92. The normalized spacial score (nSPS) is 15.1. The van der Waals surface area contributed by atoms with Crippen LogP contribution < -0.4 is 4.74 Å². The van der Waals surface area contributed by atoms with Gasteiger partial charge in [0.05, 0.1) is 13.2 Å². The van der Waals surface area contributed by atoms with Gasteiger partial charge < -0.3 is 14.6 Å². The summed E-state index contributed by atoms with van der Waals surface area (Å²) in [7, 11) is 1.64. The molecule has 0 aliphatic heterocycles. The molecule has 4 rings (SSSR count). The predicted molar refractivity (Wildman–Crippen MR) is 96.7 cm³/mol. The number of ether oxygens (including phenoxy) is 1. The number of aromatic nitrogens is 2. The summed E-state index contributed by atoms with van der Waals surface area (Å²) in [5, 5.41) is 1.01. The number of fused-ring (bicyclic) bond motifs is 1. The van der Waals surface area contributed by atoms with Crippen LogP contribution in [0.2, 0.25) is 0 Å². The zero-order chi connectivity index (χ0) is 17.4. The van der Waals surface area contributed by atoms with Crippen molar-refractivity contribution in [2.24, 2.45) is 0 Å². The zero-order valence-electron chi connectivity index (χ0n) is 14.4.